The standard InChI is InChI=1S/C21H21N3O2/c25-17-7-5-15(6-8-17)16-9-12-24(13-10-16)14-11-20-22-19-4-2-1-3-18(19)21(26)23-20/h1-9,25H,10-14H2,(H,22,23,26). The highest BCUT2D eigenvalue weighted by molar-refractivity contribution is 5.77. The van der Waals surface area contributed by atoms with E-state index < -0.39 is 0 Å². The fourth-order valence-electron chi connectivity index (χ4n) is 3.37. The lowest BCUT2D eigenvalue weighted by Crippen LogP contribution is -2.31. The molecule has 0 bridgehead atoms. The Kier molecular flexibility index (Phi) is 4.54. The van der Waals surface area contributed by atoms with E-state index in [-0.39, 0.29) is 5.56 Å². The van der Waals surface area contributed by atoms with Gasteiger partial charge in [0, 0.05) is 26.1 Å². The molecule has 1 aromatic heterocycles. The number of rotatable bonds is 4. The van der Waals surface area contributed by atoms with Crippen molar-refractivity contribution in [2.45, 2.75) is 12.8 Å². The van der Waals surface area contributed by atoms with Crippen LogP contribution in [0.15, 0.2) is 59.4 Å². The van der Waals surface area contributed by atoms with Gasteiger partial charge in [0.1, 0.15) is 11.6 Å². The summed E-state index contributed by atoms with van der Waals surface area (Å²) in [4.78, 5) is 22.0. The zero-order chi connectivity index (χ0) is 17.9. The van der Waals surface area contributed by atoms with Crippen molar-refractivity contribution in [3.63, 3.8) is 0 Å². The van der Waals surface area contributed by atoms with Crippen molar-refractivity contribution in [1.29, 1.82) is 0 Å². The number of para-hydroxylation sites is 1. The monoisotopic (exact) mass is 347 g/mol. The molecule has 0 saturated carbocycles. The van der Waals surface area contributed by atoms with Crippen molar-refractivity contribution >= 4 is 16.5 Å². The van der Waals surface area contributed by atoms with Crippen LogP contribution in [0.2, 0.25) is 0 Å². The van der Waals surface area contributed by atoms with Crippen molar-refractivity contribution in [2.75, 3.05) is 19.6 Å². The number of phenolic OH excluding ortho intramolecular Hbond substituents is 1. The van der Waals surface area contributed by atoms with Crippen LogP contribution in [-0.2, 0) is 6.42 Å². The molecule has 3 aromatic rings. The van der Waals surface area contributed by atoms with Crippen molar-refractivity contribution < 1.29 is 5.11 Å². The molecule has 2 N–H and O–H groups in total. The first-order valence-corrected chi connectivity index (χ1v) is 8.88. The van der Waals surface area contributed by atoms with E-state index in [4.69, 9.17) is 0 Å². The number of fused-ring (bicyclic) bond motifs is 1. The number of aromatic nitrogens is 2. The van der Waals surface area contributed by atoms with E-state index in [0.29, 0.717) is 11.1 Å². The van der Waals surface area contributed by atoms with Crippen LogP contribution in [0.25, 0.3) is 16.5 Å². The summed E-state index contributed by atoms with van der Waals surface area (Å²) in [6, 6.07) is 14.8. The molecule has 26 heavy (non-hydrogen) atoms. The highest BCUT2D eigenvalue weighted by Crippen LogP contribution is 2.24. The third kappa shape index (κ3) is 3.53. The number of benzene rings is 2. The number of aromatic amines is 1. The second kappa shape index (κ2) is 7.14. The van der Waals surface area contributed by atoms with Gasteiger partial charge in [-0.05, 0) is 41.8 Å². The average Bonchev–Trinajstić information content (AvgIpc) is 2.68. The van der Waals surface area contributed by atoms with E-state index in [0.717, 1.165) is 43.8 Å². The first-order valence-electron chi connectivity index (χ1n) is 8.88. The number of nitrogens with zero attached hydrogens (tertiary/aromatic N) is 2. The number of H-pyrrole nitrogens is 1. The van der Waals surface area contributed by atoms with Crippen LogP contribution in [0.5, 0.6) is 5.75 Å². The number of nitrogens with one attached hydrogen (secondary N) is 1. The third-order valence-corrected chi connectivity index (χ3v) is 4.86. The number of hydrogen-bond acceptors (Lipinski definition) is 4. The number of aromatic hydroxyl groups is 1. The molecule has 0 atom stereocenters. The second-order valence-corrected chi connectivity index (χ2v) is 6.61. The van der Waals surface area contributed by atoms with Gasteiger partial charge < -0.3 is 10.1 Å². The van der Waals surface area contributed by atoms with Gasteiger partial charge in [0.15, 0.2) is 0 Å². The van der Waals surface area contributed by atoms with Gasteiger partial charge in [-0.1, -0.05) is 30.3 Å². The summed E-state index contributed by atoms with van der Waals surface area (Å²) in [6.45, 7) is 2.72. The van der Waals surface area contributed by atoms with Gasteiger partial charge in [0.05, 0.1) is 10.9 Å². The van der Waals surface area contributed by atoms with Crippen LogP contribution in [0.4, 0.5) is 0 Å². The molecule has 0 unspecified atom stereocenters. The van der Waals surface area contributed by atoms with Gasteiger partial charge in [-0.15, -0.1) is 0 Å². The maximum absolute atomic E-state index is 12.1. The van der Waals surface area contributed by atoms with E-state index in [1.165, 1.54) is 11.1 Å². The number of hydrogen-bond donors (Lipinski definition) is 2. The molecule has 0 saturated heterocycles. The first kappa shape index (κ1) is 16.5. The van der Waals surface area contributed by atoms with Gasteiger partial charge >= 0.3 is 0 Å². The van der Waals surface area contributed by atoms with Crippen LogP contribution in [0.1, 0.15) is 17.8 Å². The maximum atomic E-state index is 12.1. The first-order chi connectivity index (χ1) is 12.7. The predicted octanol–water partition coefficient (Wildman–Crippen LogP) is 2.96. The normalized spacial score (nSPS) is 15.2. The molecule has 132 valence electrons. The highest BCUT2D eigenvalue weighted by atomic mass is 16.3. The topological polar surface area (TPSA) is 69.2 Å². The summed E-state index contributed by atoms with van der Waals surface area (Å²) >= 11 is 0. The quantitative estimate of drug-likeness (QED) is 0.761. The fraction of sp³-hybridized carbons (Fsp3) is 0.238. The minimum atomic E-state index is -0.0706. The van der Waals surface area contributed by atoms with Crippen LogP contribution in [-0.4, -0.2) is 39.6 Å². The minimum absolute atomic E-state index is 0.0706. The third-order valence-electron chi connectivity index (χ3n) is 4.86. The van der Waals surface area contributed by atoms with Crippen molar-refractivity contribution in [1.82, 2.24) is 14.9 Å². The zero-order valence-electron chi connectivity index (χ0n) is 14.5. The van der Waals surface area contributed by atoms with E-state index in [9.17, 15) is 9.90 Å². The Morgan fingerprint density at radius 3 is 2.69 bits per heavy atom. The lowest BCUT2D eigenvalue weighted by molar-refractivity contribution is 0.303. The summed E-state index contributed by atoms with van der Waals surface area (Å²) in [5, 5.41) is 10.0. The molecule has 2 heterocycles. The minimum Gasteiger partial charge on any atom is -0.508 e. The molecule has 0 spiro atoms. The molecule has 0 radical (unpaired) electrons. The highest BCUT2D eigenvalue weighted by Gasteiger charge is 2.13. The maximum Gasteiger partial charge on any atom is 0.258 e. The Labute approximate surface area is 151 Å². The molecule has 4 rings (SSSR count). The Morgan fingerprint density at radius 2 is 1.92 bits per heavy atom. The van der Waals surface area contributed by atoms with Gasteiger partial charge in [-0.3, -0.25) is 9.69 Å². The Hall–Kier alpha value is -2.92. The average molecular weight is 347 g/mol. The van der Waals surface area contributed by atoms with Crippen LogP contribution in [0.3, 0.4) is 0 Å². The molecule has 2 aromatic carbocycles. The summed E-state index contributed by atoms with van der Waals surface area (Å²) in [5.41, 5.74) is 3.17. The fourth-order valence-corrected chi connectivity index (χ4v) is 3.37. The van der Waals surface area contributed by atoms with Gasteiger partial charge in [-0.2, -0.15) is 0 Å². The molecule has 5 heteroatoms. The van der Waals surface area contributed by atoms with Gasteiger partial charge in [0.2, 0.25) is 0 Å². The zero-order valence-corrected chi connectivity index (χ0v) is 14.5. The Morgan fingerprint density at radius 1 is 1.12 bits per heavy atom. The summed E-state index contributed by atoms with van der Waals surface area (Å²) in [5.74, 6) is 1.03. The Balaban J connectivity index is 1.40. The molecule has 1 aliphatic rings. The number of phenols is 1. The van der Waals surface area contributed by atoms with Crippen molar-refractivity contribution in [3.05, 3.63) is 76.3 Å². The lowest BCUT2D eigenvalue weighted by atomic mass is 9.99. The molecular formula is C21H21N3O2. The van der Waals surface area contributed by atoms with E-state index in [1.807, 2.05) is 30.3 Å². The summed E-state index contributed by atoms with van der Waals surface area (Å²) in [7, 11) is 0. The van der Waals surface area contributed by atoms with Crippen molar-refractivity contribution in [3.8, 4) is 5.75 Å². The molecule has 1 aliphatic heterocycles. The molecular weight excluding hydrogens is 326 g/mol. The molecule has 5 nitrogen and oxygen atoms in total. The van der Waals surface area contributed by atoms with E-state index in [2.05, 4.69) is 20.9 Å². The van der Waals surface area contributed by atoms with Crippen LogP contribution in [0, 0.1) is 0 Å². The smallest absolute Gasteiger partial charge is 0.258 e. The van der Waals surface area contributed by atoms with Gasteiger partial charge in [-0.25, -0.2) is 4.98 Å². The van der Waals surface area contributed by atoms with Gasteiger partial charge in [0.25, 0.3) is 5.56 Å². The van der Waals surface area contributed by atoms with E-state index in [1.54, 1.807) is 18.2 Å². The lowest BCUT2D eigenvalue weighted by Gasteiger charge is -2.26. The molecule has 0 fully saturated rings. The second-order valence-electron chi connectivity index (χ2n) is 6.61. The largest absolute Gasteiger partial charge is 0.508 e. The Bertz CT molecular complexity index is 1010. The molecule has 0 amide bonds. The van der Waals surface area contributed by atoms with Crippen LogP contribution >= 0.6 is 0 Å². The molecule has 0 aliphatic carbocycles. The predicted molar refractivity (Wildman–Crippen MR) is 103 cm³/mol. The van der Waals surface area contributed by atoms with E-state index >= 15 is 0 Å². The summed E-state index contributed by atoms with van der Waals surface area (Å²) in [6.07, 6.45) is 3.95. The van der Waals surface area contributed by atoms with Crippen LogP contribution < -0.4 is 5.56 Å². The SMILES string of the molecule is O=c1[nH]c(CCN2CC=C(c3ccc(O)cc3)CC2)nc2ccccc12. The summed E-state index contributed by atoms with van der Waals surface area (Å²) < 4.78 is 0. The van der Waals surface area contributed by atoms with Crippen molar-refractivity contribution in [2.24, 2.45) is 0 Å².